The van der Waals surface area contributed by atoms with Crippen LogP contribution in [0.15, 0.2) is 0 Å². The summed E-state index contributed by atoms with van der Waals surface area (Å²) in [6.45, 7) is 2.03. The Labute approximate surface area is 61.8 Å². The summed E-state index contributed by atoms with van der Waals surface area (Å²) in [6, 6.07) is 0.310. The van der Waals surface area contributed by atoms with Crippen molar-refractivity contribution in [2.45, 2.75) is 12.5 Å². The molecule has 1 heterocycles. The topological polar surface area (TPSA) is 49.5 Å². The first-order valence-corrected chi connectivity index (χ1v) is 3.80. The highest BCUT2D eigenvalue weighted by Gasteiger charge is 2.29. The van der Waals surface area contributed by atoms with Crippen molar-refractivity contribution in [3.63, 3.8) is 0 Å². The molecule has 1 fully saturated rings. The lowest BCUT2D eigenvalue weighted by Crippen LogP contribution is -2.35. The summed E-state index contributed by atoms with van der Waals surface area (Å²) >= 11 is 0. The van der Waals surface area contributed by atoms with Crippen molar-refractivity contribution in [1.29, 1.82) is 0 Å². The number of aliphatic hydroxyl groups excluding tert-OH is 1. The summed E-state index contributed by atoms with van der Waals surface area (Å²) in [6.07, 6.45) is 1.14. The molecule has 0 aliphatic carbocycles. The molecule has 1 aliphatic rings. The van der Waals surface area contributed by atoms with Crippen LogP contribution in [0.3, 0.4) is 0 Å². The molecule has 60 valence electrons. The maximum absolute atomic E-state index is 8.94. The van der Waals surface area contributed by atoms with Gasteiger partial charge >= 0.3 is 0 Å². The van der Waals surface area contributed by atoms with Crippen molar-refractivity contribution < 1.29 is 5.11 Å². The second-order valence-corrected chi connectivity index (χ2v) is 3.01. The molecule has 1 saturated heterocycles. The van der Waals surface area contributed by atoms with Crippen LogP contribution in [0.4, 0.5) is 0 Å². The minimum Gasteiger partial charge on any atom is -0.395 e. The molecule has 2 atom stereocenters. The van der Waals surface area contributed by atoms with Crippen molar-refractivity contribution >= 4 is 0 Å². The van der Waals surface area contributed by atoms with Crippen molar-refractivity contribution in [3.05, 3.63) is 0 Å². The molecule has 0 aromatic carbocycles. The summed E-state index contributed by atoms with van der Waals surface area (Å²) in [7, 11) is 2.04. The minimum atomic E-state index is 0.248. The van der Waals surface area contributed by atoms with Gasteiger partial charge in [0.2, 0.25) is 0 Å². The van der Waals surface area contributed by atoms with Crippen LogP contribution in [-0.4, -0.2) is 42.8 Å². The van der Waals surface area contributed by atoms with Gasteiger partial charge in [-0.25, -0.2) is 0 Å². The molecular formula is C7H16N2O. The van der Waals surface area contributed by atoms with Crippen molar-refractivity contribution in [2.75, 3.05) is 26.7 Å². The first-order valence-electron chi connectivity index (χ1n) is 3.80. The predicted octanol–water partition coefficient (Wildman–Crippen LogP) is -0.742. The van der Waals surface area contributed by atoms with E-state index in [0.29, 0.717) is 18.5 Å². The molecule has 0 aromatic rings. The van der Waals surface area contributed by atoms with Crippen LogP contribution in [0.1, 0.15) is 6.42 Å². The standard InChI is InChI=1S/C7H16N2O/c1-9-3-2-6(4-8)7(9)5-10/h6-7,10H,2-5,8H2,1H3. The molecule has 0 spiro atoms. The van der Waals surface area contributed by atoms with Crippen molar-refractivity contribution in [2.24, 2.45) is 11.7 Å². The van der Waals surface area contributed by atoms with Gasteiger partial charge in [-0.05, 0) is 32.5 Å². The second kappa shape index (κ2) is 3.32. The molecule has 1 rings (SSSR count). The van der Waals surface area contributed by atoms with Crippen LogP contribution in [0.25, 0.3) is 0 Å². The van der Waals surface area contributed by atoms with Gasteiger partial charge < -0.3 is 15.7 Å². The third kappa shape index (κ3) is 1.31. The molecule has 10 heavy (non-hydrogen) atoms. The first kappa shape index (κ1) is 7.98. The van der Waals surface area contributed by atoms with E-state index in [4.69, 9.17) is 10.8 Å². The number of aliphatic hydroxyl groups is 1. The van der Waals surface area contributed by atoms with Crippen LogP contribution in [0.2, 0.25) is 0 Å². The van der Waals surface area contributed by atoms with Gasteiger partial charge in [0, 0.05) is 6.04 Å². The van der Waals surface area contributed by atoms with Gasteiger partial charge in [0.05, 0.1) is 6.61 Å². The SMILES string of the molecule is CN1CCC(CN)C1CO. The average molecular weight is 144 g/mol. The number of nitrogens with two attached hydrogens (primary N) is 1. The lowest BCUT2D eigenvalue weighted by atomic mass is 10.0. The van der Waals surface area contributed by atoms with Gasteiger partial charge in [-0.2, -0.15) is 0 Å². The molecule has 0 bridgehead atoms. The van der Waals surface area contributed by atoms with Crippen LogP contribution >= 0.6 is 0 Å². The van der Waals surface area contributed by atoms with Gasteiger partial charge in [0.15, 0.2) is 0 Å². The summed E-state index contributed by atoms with van der Waals surface area (Å²) in [5.41, 5.74) is 5.52. The molecule has 0 aromatic heterocycles. The van der Waals surface area contributed by atoms with Gasteiger partial charge in [-0.1, -0.05) is 0 Å². The Morgan fingerprint density at radius 1 is 1.70 bits per heavy atom. The Kier molecular flexibility index (Phi) is 2.65. The van der Waals surface area contributed by atoms with E-state index in [1.807, 2.05) is 7.05 Å². The Bertz CT molecular complexity index is 108. The van der Waals surface area contributed by atoms with E-state index in [-0.39, 0.29) is 6.61 Å². The smallest absolute Gasteiger partial charge is 0.0589 e. The second-order valence-electron chi connectivity index (χ2n) is 3.01. The largest absolute Gasteiger partial charge is 0.395 e. The first-order chi connectivity index (χ1) is 4.79. The summed E-state index contributed by atoms with van der Waals surface area (Å²) in [5.74, 6) is 0.509. The number of rotatable bonds is 2. The Hall–Kier alpha value is -0.120. The molecular weight excluding hydrogens is 128 g/mol. The monoisotopic (exact) mass is 144 g/mol. The Morgan fingerprint density at radius 2 is 2.40 bits per heavy atom. The molecule has 3 heteroatoms. The van der Waals surface area contributed by atoms with Crippen molar-refractivity contribution in [1.82, 2.24) is 4.90 Å². The van der Waals surface area contributed by atoms with Gasteiger partial charge in [0.25, 0.3) is 0 Å². The fraction of sp³-hybridized carbons (Fsp3) is 1.00. The van der Waals surface area contributed by atoms with E-state index in [9.17, 15) is 0 Å². The molecule has 1 aliphatic heterocycles. The highest BCUT2D eigenvalue weighted by atomic mass is 16.3. The molecule has 0 amide bonds. The summed E-state index contributed by atoms with van der Waals surface area (Å²) in [4.78, 5) is 2.18. The van der Waals surface area contributed by atoms with Crippen molar-refractivity contribution in [3.8, 4) is 0 Å². The molecule has 3 N–H and O–H groups in total. The number of hydrogen-bond acceptors (Lipinski definition) is 3. The third-order valence-corrected chi connectivity index (χ3v) is 2.45. The van der Waals surface area contributed by atoms with E-state index < -0.39 is 0 Å². The number of likely N-dealkylation sites (tertiary alicyclic amines) is 1. The predicted molar refractivity (Wildman–Crippen MR) is 40.7 cm³/mol. The quantitative estimate of drug-likeness (QED) is 0.536. The average Bonchev–Trinajstić information content (AvgIpc) is 2.30. The third-order valence-electron chi connectivity index (χ3n) is 2.45. The number of hydrogen-bond donors (Lipinski definition) is 2. The zero-order valence-corrected chi connectivity index (χ0v) is 6.45. The normalized spacial score (nSPS) is 35.1. The Morgan fingerprint density at radius 3 is 2.80 bits per heavy atom. The lowest BCUT2D eigenvalue weighted by Gasteiger charge is -2.21. The van der Waals surface area contributed by atoms with E-state index in [0.717, 1.165) is 13.0 Å². The number of likely N-dealkylation sites (N-methyl/N-ethyl adjacent to an activating group) is 1. The van der Waals surface area contributed by atoms with Gasteiger partial charge in [0.1, 0.15) is 0 Å². The maximum Gasteiger partial charge on any atom is 0.0589 e. The van der Waals surface area contributed by atoms with Crippen LogP contribution in [0.5, 0.6) is 0 Å². The molecule has 2 unspecified atom stereocenters. The zero-order chi connectivity index (χ0) is 7.56. The molecule has 3 nitrogen and oxygen atoms in total. The fourth-order valence-electron chi connectivity index (χ4n) is 1.65. The fourth-order valence-corrected chi connectivity index (χ4v) is 1.65. The Balaban J connectivity index is 2.45. The zero-order valence-electron chi connectivity index (χ0n) is 6.45. The van der Waals surface area contributed by atoms with E-state index in [1.165, 1.54) is 0 Å². The lowest BCUT2D eigenvalue weighted by molar-refractivity contribution is 0.157. The highest BCUT2D eigenvalue weighted by Crippen LogP contribution is 2.20. The van der Waals surface area contributed by atoms with Crippen LogP contribution < -0.4 is 5.73 Å². The van der Waals surface area contributed by atoms with Gasteiger partial charge in [-0.3, -0.25) is 0 Å². The van der Waals surface area contributed by atoms with Crippen LogP contribution in [-0.2, 0) is 0 Å². The minimum absolute atomic E-state index is 0.248. The maximum atomic E-state index is 8.94. The molecule has 0 radical (unpaired) electrons. The van der Waals surface area contributed by atoms with E-state index in [1.54, 1.807) is 0 Å². The number of nitrogens with zero attached hydrogens (tertiary/aromatic N) is 1. The summed E-state index contributed by atoms with van der Waals surface area (Å²) in [5, 5.41) is 8.94. The van der Waals surface area contributed by atoms with E-state index >= 15 is 0 Å². The molecule has 0 saturated carbocycles. The van der Waals surface area contributed by atoms with E-state index in [2.05, 4.69) is 4.90 Å². The van der Waals surface area contributed by atoms with Gasteiger partial charge in [-0.15, -0.1) is 0 Å². The highest BCUT2D eigenvalue weighted by molar-refractivity contribution is 4.84. The summed E-state index contributed by atoms with van der Waals surface area (Å²) < 4.78 is 0. The van der Waals surface area contributed by atoms with Crippen LogP contribution in [0, 0.1) is 5.92 Å².